The summed E-state index contributed by atoms with van der Waals surface area (Å²) in [5.41, 5.74) is 1.52. The molecule has 1 aliphatic heterocycles. The highest BCUT2D eigenvalue weighted by Crippen LogP contribution is 2.49. The number of hydrogen-bond donors (Lipinski definition) is 2. The van der Waals surface area contributed by atoms with Crippen LogP contribution in [0.25, 0.3) is 0 Å². The quantitative estimate of drug-likeness (QED) is 0.325. The predicted molar refractivity (Wildman–Crippen MR) is 124 cm³/mol. The van der Waals surface area contributed by atoms with Crippen molar-refractivity contribution in [2.24, 2.45) is 5.16 Å². The van der Waals surface area contributed by atoms with E-state index in [1.165, 1.54) is 42.5 Å². The average molecular weight is 540 g/mol. The molecule has 6 nitrogen and oxygen atoms in total. The van der Waals surface area contributed by atoms with Gasteiger partial charge in [-0.1, -0.05) is 40.5 Å². The Morgan fingerprint density at radius 3 is 2.11 bits per heavy atom. The second-order valence-corrected chi connectivity index (χ2v) is 8.66. The molecule has 2 amide bonds. The van der Waals surface area contributed by atoms with Crippen LogP contribution in [-0.2, 0) is 10.4 Å². The summed E-state index contributed by atoms with van der Waals surface area (Å²) in [5, 5.41) is 3.66. The van der Waals surface area contributed by atoms with Crippen molar-refractivity contribution in [3.8, 4) is 0 Å². The summed E-state index contributed by atoms with van der Waals surface area (Å²) in [5.74, 6) is -1.96. The fourth-order valence-corrected chi connectivity index (χ4v) is 4.07. The molecule has 2 N–H and O–H groups in total. The lowest BCUT2D eigenvalue weighted by Gasteiger charge is -2.29. The molecule has 3 aromatic rings. The summed E-state index contributed by atoms with van der Waals surface area (Å²) >= 11 is 11.8. The van der Waals surface area contributed by atoms with E-state index in [1.54, 1.807) is 0 Å². The van der Waals surface area contributed by atoms with Gasteiger partial charge in [-0.2, -0.15) is 13.2 Å². The molecule has 0 spiro atoms. The first-order chi connectivity index (χ1) is 17.0. The van der Waals surface area contributed by atoms with Crippen LogP contribution in [-0.4, -0.2) is 23.7 Å². The summed E-state index contributed by atoms with van der Waals surface area (Å²) in [6, 6.07) is 13.7. The molecular weight excluding hydrogens is 525 g/mol. The van der Waals surface area contributed by atoms with Gasteiger partial charge < -0.3 is 4.84 Å². The molecule has 0 saturated carbocycles. The van der Waals surface area contributed by atoms with Crippen LogP contribution in [0.4, 0.5) is 17.6 Å². The Morgan fingerprint density at radius 2 is 1.50 bits per heavy atom. The Kier molecular flexibility index (Phi) is 6.92. The van der Waals surface area contributed by atoms with Gasteiger partial charge in [0, 0.05) is 38.7 Å². The third kappa shape index (κ3) is 5.14. The highest BCUT2D eigenvalue weighted by Gasteiger charge is 2.62. The number of halogens is 6. The number of nitrogens with zero attached hydrogens (tertiary/aromatic N) is 1. The van der Waals surface area contributed by atoms with Crippen molar-refractivity contribution >= 4 is 40.7 Å². The molecule has 0 aromatic heterocycles. The minimum absolute atomic E-state index is 0.000437. The van der Waals surface area contributed by atoms with Gasteiger partial charge in [0.25, 0.3) is 17.4 Å². The van der Waals surface area contributed by atoms with Crippen molar-refractivity contribution < 1.29 is 32.0 Å². The molecule has 1 atom stereocenters. The molecular formula is C24H15Cl2F4N3O3. The van der Waals surface area contributed by atoms with E-state index < -0.39 is 35.8 Å². The Labute approximate surface area is 211 Å². The van der Waals surface area contributed by atoms with Gasteiger partial charge in [-0.25, -0.2) is 4.39 Å². The van der Waals surface area contributed by atoms with E-state index in [0.29, 0.717) is 0 Å². The number of oxime groups is 1. The highest BCUT2D eigenvalue weighted by atomic mass is 35.5. The summed E-state index contributed by atoms with van der Waals surface area (Å²) in [6.45, 7) is 0. The zero-order chi connectivity index (χ0) is 26.1. The molecule has 36 heavy (non-hydrogen) atoms. The van der Waals surface area contributed by atoms with E-state index >= 15 is 0 Å². The second-order valence-electron chi connectivity index (χ2n) is 7.78. The van der Waals surface area contributed by atoms with Crippen LogP contribution < -0.4 is 10.9 Å². The van der Waals surface area contributed by atoms with Crippen molar-refractivity contribution in [3.63, 3.8) is 0 Å². The number of hydrazine groups is 1. The van der Waals surface area contributed by atoms with E-state index in [4.69, 9.17) is 28.0 Å². The Hall–Kier alpha value is -3.63. The first-order valence-electron chi connectivity index (χ1n) is 10.2. The van der Waals surface area contributed by atoms with Crippen LogP contribution >= 0.6 is 23.2 Å². The van der Waals surface area contributed by atoms with Crippen molar-refractivity contribution in [3.05, 3.63) is 105 Å². The van der Waals surface area contributed by atoms with Crippen LogP contribution in [0.1, 0.15) is 38.3 Å². The third-order valence-electron chi connectivity index (χ3n) is 5.37. The Morgan fingerprint density at radius 1 is 0.889 bits per heavy atom. The smallest absolute Gasteiger partial charge is 0.374 e. The number of rotatable bonds is 4. The number of nitrogens with one attached hydrogen (secondary N) is 2. The minimum Gasteiger partial charge on any atom is -0.374 e. The van der Waals surface area contributed by atoms with Crippen LogP contribution in [0.5, 0.6) is 0 Å². The van der Waals surface area contributed by atoms with Crippen molar-refractivity contribution in [2.45, 2.75) is 18.2 Å². The monoisotopic (exact) mass is 539 g/mol. The third-order valence-corrected chi connectivity index (χ3v) is 5.81. The van der Waals surface area contributed by atoms with E-state index in [2.05, 4.69) is 16.0 Å². The van der Waals surface area contributed by atoms with E-state index in [0.717, 1.165) is 24.3 Å². The summed E-state index contributed by atoms with van der Waals surface area (Å²) < 4.78 is 55.6. The molecule has 12 heteroatoms. The lowest BCUT2D eigenvalue weighted by atomic mass is 9.86. The van der Waals surface area contributed by atoms with Crippen molar-refractivity contribution in [1.82, 2.24) is 10.9 Å². The number of alkyl halides is 3. The first kappa shape index (κ1) is 25.5. The summed E-state index contributed by atoms with van der Waals surface area (Å²) in [4.78, 5) is 29.6. The molecule has 0 fully saturated rings. The van der Waals surface area contributed by atoms with Gasteiger partial charge in [-0.3, -0.25) is 20.4 Å². The number of amides is 2. The van der Waals surface area contributed by atoms with Gasteiger partial charge in [-0.05, 0) is 54.6 Å². The molecule has 1 aliphatic rings. The minimum atomic E-state index is -4.87. The van der Waals surface area contributed by atoms with Gasteiger partial charge in [0.2, 0.25) is 0 Å². The fraction of sp³-hybridized carbons (Fsp3) is 0.125. The SMILES string of the molecule is O=C(NNC(=O)c1cccc(C2=NOC(c3cc(Cl)cc(Cl)c3)(C(F)(F)F)C2)c1)c1ccc(F)cc1. The van der Waals surface area contributed by atoms with Crippen molar-refractivity contribution in [1.29, 1.82) is 0 Å². The second kappa shape index (κ2) is 9.79. The largest absolute Gasteiger partial charge is 0.435 e. The molecule has 1 heterocycles. The lowest BCUT2D eigenvalue weighted by Crippen LogP contribution is -2.42. The molecule has 3 aromatic carbocycles. The van der Waals surface area contributed by atoms with Crippen LogP contribution in [0.3, 0.4) is 0 Å². The van der Waals surface area contributed by atoms with Gasteiger partial charge in [0.15, 0.2) is 0 Å². The number of hydrogen-bond acceptors (Lipinski definition) is 4. The van der Waals surface area contributed by atoms with Crippen LogP contribution in [0.15, 0.2) is 71.9 Å². The van der Waals surface area contributed by atoms with E-state index in [9.17, 15) is 27.2 Å². The molecule has 0 radical (unpaired) electrons. The topological polar surface area (TPSA) is 79.8 Å². The lowest BCUT2D eigenvalue weighted by molar-refractivity contribution is -0.275. The van der Waals surface area contributed by atoms with Gasteiger partial charge in [0.05, 0.1) is 5.71 Å². The Bertz CT molecular complexity index is 1340. The molecule has 0 aliphatic carbocycles. The van der Waals surface area contributed by atoms with Gasteiger partial charge >= 0.3 is 6.18 Å². The number of carbonyl (C=O) groups is 2. The fourth-order valence-electron chi connectivity index (χ4n) is 3.54. The maximum atomic E-state index is 14.2. The number of benzene rings is 3. The van der Waals surface area contributed by atoms with E-state index in [-0.39, 0.29) is 38.0 Å². The Balaban J connectivity index is 1.52. The maximum Gasteiger partial charge on any atom is 0.435 e. The zero-order valence-corrected chi connectivity index (χ0v) is 19.5. The zero-order valence-electron chi connectivity index (χ0n) is 18.0. The van der Waals surface area contributed by atoms with E-state index in [1.807, 2.05) is 0 Å². The standard InChI is InChI=1S/C24H15Cl2F4N3O3/c25-17-9-16(10-18(26)11-17)23(24(28,29)30)12-20(33-36-23)14-2-1-3-15(8-14)22(35)32-31-21(34)13-4-6-19(27)7-5-13/h1-11H,12H2,(H,31,34)(H,32,35). The van der Waals surface area contributed by atoms with Crippen LogP contribution in [0, 0.1) is 5.82 Å². The summed E-state index contributed by atoms with van der Waals surface area (Å²) in [7, 11) is 0. The average Bonchev–Trinajstić information content (AvgIpc) is 3.30. The molecule has 4 rings (SSSR count). The molecule has 0 saturated heterocycles. The molecule has 186 valence electrons. The summed E-state index contributed by atoms with van der Waals surface area (Å²) in [6.07, 6.45) is -5.56. The van der Waals surface area contributed by atoms with Crippen molar-refractivity contribution in [2.75, 3.05) is 0 Å². The maximum absolute atomic E-state index is 14.2. The van der Waals surface area contributed by atoms with Crippen LogP contribution in [0.2, 0.25) is 10.0 Å². The molecule has 0 bridgehead atoms. The highest BCUT2D eigenvalue weighted by molar-refractivity contribution is 6.34. The van der Waals surface area contributed by atoms with Gasteiger partial charge in [0.1, 0.15) is 5.82 Å². The first-order valence-corrected chi connectivity index (χ1v) is 11.0. The van der Waals surface area contributed by atoms with Gasteiger partial charge in [-0.15, -0.1) is 0 Å². The number of carbonyl (C=O) groups excluding carboxylic acids is 2. The normalized spacial score (nSPS) is 17.2. The predicted octanol–water partition coefficient (Wildman–Crippen LogP) is 5.79. The molecule has 1 unspecified atom stereocenters.